The van der Waals surface area contributed by atoms with E-state index in [0.717, 1.165) is 11.0 Å². The van der Waals surface area contributed by atoms with Gasteiger partial charge in [0, 0.05) is 7.05 Å². The van der Waals surface area contributed by atoms with E-state index in [1.54, 1.807) is 0 Å². The fourth-order valence-corrected chi connectivity index (χ4v) is 3.02. The van der Waals surface area contributed by atoms with Gasteiger partial charge in [-0.3, -0.25) is 14.9 Å². The molecule has 1 N–H and O–H groups in total. The molecular weight excluding hydrogens is 250 g/mol. The van der Waals surface area contributed by atoms with Crippen molar-refractivity contribution < 1.29 is 9.59 Å². The van der Waals surface area contributed by atoms with Crippen LogP contribution in [0.15, 0.2) is 24.3 Å². The molecule has 0 radical (unpaired) electrons. The molecule has 1 unspecified atom stereocenters. The van der Waals surface area contributed by atoms with Gasteiger partial charge in [-0.15, -0.1) is 11.8 Å². The summed E-state index contributed by atoms with van der Waals surface area (Å²) in [5.74, 6) is 0.459. The number of imidazole rings is 1. The molecule has 1 aliphatic heterocycles. The van der Waals surface area contributed by atoms with Crippen molar-refractivity contribution in [3.63, 3.8) is 0 Å². The third kappa shape index (κ3) is 1.69. The molecule has 0 spiro atoms. The van der Waals surface area contributed by atoms with Crippen LogP contribution in [-0.2, 0) is 16.6 Å². The number of thioether (sulfide) groups is 1. The minimum atomic E-state index is -0.417. The number of para-hydroxylation sites is 2. The van der Waals surface area contributed by atoms with Crippen molar-refractivity contribution >= 4 is 34.6 Å². The number of imide groups is 1. The third-order valence-corrected chi connectivity index (χ3v) is 4.13. The molecule has 1 aliphatic rings. The summed E-state index contributed by atoms with van der Waals surface area (Å²) in [6, 6.07) is 7.72. The van der Waals surface area contributed by atoms with Gasteiger partial charge >= 0.3 is 0 Å². The van der Waals surface area contributed by atoms with E-state index in [2.05, 4.69) is 10.3 Å². The maximum absolute atomic E-state index is 11.8. The molecule has 2 aromatic rings. The molecule has 92 valence electrons. The van der Waals surface area contributed by atoms with Crippen LogP contribution >= 0.6 is 11.8 Å². The van der Waals surface area contributed by atoms with Crippen LogP contribution in [0.2, 0.25) is 0 Å². The molecule has 0 aliphatic carbocycles. The maximum atomic E-state index is 11.8. The number of rotatable bonds is 1. The Labute approximate surface area is 108 Å². The lowest BCUT2D eigenvalue weighted by Gasteiger charge is -2.19. The second kappa shape index (κ2) is 4.13. The normalized spacial score (nSPS) is 20.2. The summed E-state index contributed by atoms with van der Waals surface area (Å²) >= 11 is 1.32. The zero-order valence-electron chi connectivity index (χ0n) is 9.71. The van der Waals surface area contributed by atoms with Gasteiger partial charge < -0.3 is 4.57 Å². The van der Waals surface area contributed by atoms with Crippen LogP contribution in [0.4, 0.5) is 0 Å². The Balaban J connectivity index is 2.06. The second-order valence-electron chi connectivity index (χ2n) is 4.12. The van der Waals surface area contributed by atoms with Gasteiger partial charge in [0.25, 0.3) is 0 Å². The molecule has 2 amide bonds. The average Bonchev–Trinajstić information content (AvgIpc) is 2.68. The Hall–Kier alpha value is -1.82. The highest BCUT2D eigenvalue weighted by molar-refractivity contribution is 8.01. The standard InChI is InChI=1S/C12H11N3O2S/c1-15-8-5-3-2-4-7(8)13-11(15)10-12(17)14-9(16)6-18-10/h2-5,10H,6H2,1H3,(H,14,16,17). The van der Waals surface area contributed by atoms with Gasteiger partial charge in [0.05, 0.1) is 16.8 Å². The van der Waals surface area contributed by atoms with E-state index in [4.69, 9.17) is 0 Å². The van der Waals surface area contributed by atoms with E-state index >= 15 is 0 Å². The monoisotopic (exact) mass is 261 g/mol. The van der Waals surface area contributed by atoms with Crippen LogP contribution in [0.5, 0.6) is 0 Å². The zero-order chi connectivity index (χ0) is 12.7. The molecule has 5 nitrogen and oxygen atoms in total. The van der Waals surface area contributed by atoms with Gasteiger partial charge in [-0.2, -0.15) is 0 Å². The van der Waals surface area contributed by atoms with E-state index in [0.29, 0.717) is 11.6 Å². The van der Waals surface area contributed by atoms with Crippen LogP contribution in [0.1, 0.15) is 11.1 Å². The quantitative estimate of drug-likeness (QED) is 0.778. The van der Waals surface area contributed by atoms with E-state index in [-0.39, 0.29) is 11.8 Å². The number of benzene rings is 1. The lowest BCUT2D eigenvalue weighted by atomic mass is 10.3. The summed E-state index contributed by atoms with van der Waals surface area (Å²) < 4.78 is 1.91. The molecular formula is C12H11N3O2S. The number of carbonyl (C=O) groups excluding carboxylic acids is 2. The minimum Gasteiger partial charge on any atom is -0.330 e. The van der Waals surface area contributed by atoms with E-state index in [9.17, 15) is 9.59 Å². The fourth-order valence-electron chi connectivity index (χ4n) is 2.06. The van der Waals surface area contributed by atoms with Crippen molar-refractivity contribution in [1.29, 1.82) is 0 Å². The first-order valence-corrected chi connectivity index (χ1v) is 6.58. The maximum Gasteiger partial charge on any atom is 0.247 e. The average molecular weight is 261 g/mol. The largest absolute Gasteiger partial charge is 0.330 e. The number of aryl methyl sites for hydroxylation is 1. The Bertz CT molecular complexity index is 650. The number of fused-ring (bicyclic) bond motifs is 1. The molecule has 2 heterocycles. The number of hydrogen-bond acceptors (Lipinski definition) is 4. The van der Waals surface area contributed by atoms with Gasteiger partial charge in [0.2, 0.25) is 11.8 Å². The number of aromatic nitrogens is 2. The van der Waals surface area contributed by atoms with Crippen LogP contribution in [0, 0.1) is 0 Å². The lowest BCUT2D eigenvalue weighted by molar-refractivity contribution is -0.129. The summed E-state index contributed by atoms with van der Waals surface area (Å²) in [7, 11) is 1.88. The first-order chi connectivity index (χ1) is 8.66. The Morgan fingerprint density at radius 3 is 2.89 bits per heavy atom. The van der Waals surface area contributed by atoms with Crippen LogP contribution in [0.25, 0.3) is 11.0 Å². The highest BCUT2D eigenvalue weighted by Crippen LogP contribution is 2.32. The third-order valence-electron chi connectivity index (χ3n) is 2.94. The molecule has 1 fully saturated rings. The predicted octanol–water partition coefficient (Wildman–Crippen LogP) is 1.00. The van der Waals surface area contributed by atoms with Crippen molar-refractivity contribution in [2.75, 3.05) is 5.75 Å². The summed E-state index contributed by atoms with van der Waals surface area (Å²) in [5, 5.41) is 1.93. The smallest absolute Gasteiger partial charge is 0.247 e. The van der Waals surface area contributed by atoms with Crippen LogP contribution in [-0.4, -0.2) is 27.1 Å². The number of hydrogen-bond donors (Lipinski definition) is 1. The highest BCUT2D eigenvalue weighted by Gasteiger charge is 2.32. The van der Waals surface area contributed by atoms with E-state index in [1.807, 2.05) is 35.9 Å². The minimum absolute atomic E-state index is 0.236. The number of nitrogens with one attached hydrogen (secondary N) is 1. The van der Waals surface area contributed by atoms with Gasteiger partial charge in [0.15, 0.2) is 0 Å². The van der Waals surface area contributed by atoms with Crippen molar-refractivity contribution in [1.82, 2.24) is 14.9 Å². The molecule has 1 aromatic heterocycles. The lowest BCUT2D eigenvalue weighted by Crippen LogP contribution is -2.40. The molecule has 6 heteroatoms. The zero-order valence-corrected chi connectivity index (χ0v) is 10.5. The van der Waals surface area contributed by atoms with E-state index in [1.165, 1.54) is 11.8 Å². The summed E-state index contributed by atoms with van der Waals surface area (Å²) in [6.07, 6.45) is 0. The van der Waals surface area contributed by atoms with Crippen molar-refractivity contribution in [2.24, 2.45) is 7.05 Å². The molecule has 18 heavy (non-hydrogen) atoms. The Kier molecular flexibility index (Phi) is 2.59. The molecule has 1 aromatic carbocycles. The molecule has 1 saturated heterocycles. The molecule has 0 bridgehead atoms. The van der Waals surface area contributed by atoms with E-state index < -0.39 is 5.25 Å². The van der Waals surface area contributed by atoms with Gasteiger partial charge in [-0.05, 0) is 12.1 Å². The Morgan fingerprint density at radius 1 is 1.39 bits per heavy atom. The number of carbonyl (C=O) groups is 2. The summed E-state index contributed by atoms with van der Waals surface area (Å²) in [5.41, 5.74) is 1.85. The highest BCUT2D eigenvalue weighted by atomic mass is 32.2. The van der Waals surface area contributed by atoms with Crippen molar-refractivity contribution in [3.8, 4) is 0 Å². The molecule has 1 atom stereocenters. The van der Waals surface area contributed by atoms with Crippen molar-refractivity contribution in [2.45, 2.75) is 5.25 Å². The van der Waals surface area contributed by atoms with Crippen LogP contribution in [0.3, 0.4) is 0 Å². The Morgan fingerprint density at radius 2 is 2.17 bits per heavy atom. The predicted molar refractivity (Wildman–Crippen MR) is 69.1 cm³/mol. The topological polar surface area (TPSA) is 64.0 Å². The molecule has 0 saturated carbocycles. The molecule has 3 rings (SSSR count). The number of amides is 2. The van der Waals surface area contributed by atoms with Gasteiger partial charge in [-0.25, -0.2) is 4.98 Å². The first-order valence-electron chi connectivity index (χ1n) is 5.53. The van der Waals surface area contributed by atoms with Gasteiger partial charge in [0.1, 0.15) is 11.1 Å². The fraction of sp³-hybridized carbons (Fsp3) is 0.250. The van der Waals surface area contributed by atoms with Crippen LogP contribution < -0.4 is 5.32 Å². The summed E-state index contributed by atoms with van der Waals surface area (Å²) in [6.45, 7) is 0. The second-order valence-corrected chi connectivity index (χ2v) is 5.21. The summed E-state index contributed by atoms with van der Waals surface area (Å²) in [4.78, 5) is 27.4. The van der Waals surface area contributed by atoms with Crippen molar-refractivity contribution in [3.05, 3.63) is 30.1 Å². The first kappa shape index (κ1) is 11.3. The SMILES string of the molecule is Cn1c(C2SCC(=O)NC2=O)nc2ccccc21. The van der Waals surface area contributed by atoms with Gasteiger partial charge in [-0.1, -0.05) is 12.1 Å². The number of nitrogens with zero attached hydrogens (tertiary/aromatic N) is 2.